The molecule has 2 N–H and O–H groups in total. The highest BCUT2D eigenvalue weighted by Crippen LogP contribution is 2.11. The summed E-state index contributed by atoms with van der Waals surface area (Å²) in [7, 11) is 4.12. The van der Waals surface area contributed by atoms with E-state index >= 15 is 0 Å². The molecule has 0 fully saturated rings. The van der Waals surface area contributed by atoms with Crippen LogP contribution in [-0.2, 0) is 0 Å². The van der Waals surface area contributed by atoms with Crippen molar-refractivity contribution in [2.75, 3.05) is 33.8 Å². The lowest BCUT2D eigenvalue weighted by Gasteiger charge is -2.09. The second kappa shape index (κ2) is 6.91. The Morgan fingerprint density at radius 3 is 2.47 bits per heavy atom. The summed E-state index contributed by atoms with van der Waals surface area (Å²) < 4.78 is 5.32. The van der Waals surface area contributed by atoms with Crippen LogP contribution >= 0.6 is 0 Å². The molecule has 0 heterocycles. The van der Waals surface area contributed by atoms with Gasteiger partial charge in [0.1, 0.15) is 5.75 Å². The molecule has 0 bridgehead atoms. The summed E-state index contributed by atoms with van der Waals surface area (Å²) in [6.07, 6.45) is 0. The average molecular weight is 237 g/mol. The summed E-state index contributed by atoms with van der Waals surface area (Å²) in [6.45, 7) is 4.18. The normalized spacial score (nSPS) is 10.4. The van der Waals surface area contributed by atoms with Gasteiger partial charge in [-0.05, 0) is 31.2 Å². The fourth-order valence-electron chi connectivity index (χ4n) is 1.40. The van der Waals surface area contributed by atoms with Crippen molar-refractivity contribution >= 4 is 5.91 Å². The number of nitrogens with one attached hydrogen (secondary N) is 2. The lowest BCUT2D eigenvalue weighted by atomic mass is 10.2. The van der Waals surface area contributed by atoms with Crippen LogP contribution in [0.3, 0.4) is 0 Å². The van der Waals surface area contributed by atoms with Gasteiger partial charge >= 0.3 is 0 Å². The van der Waals surface area contributed by atoms with E-state index in [0.717, 1.165) is 12.3 Å². The van der Waals surface area contributed by atoms with E-state index in [-0.39, 0.29) is 5.91 Å². The number of hydrogen-bond acceptors (Lipinski definition) is 2. The molecule has 0 saturated carbocycles. The van der Waals surface area contributed by atoms with Gasteiger partial charge in [0.15, 0.2) is 0 Å². The molecule has 1 aromatic carbocycles. The highest BCUT2D eigenvalue weighted by Gasteiger charge is 2.05. The number of carbonyl (C=O) groups is 1. The van der Waals surface area contributed by atoms with Crippen molar-refractivity contribution < 1.29 is 14.4 Å². The van der Waals surface area contributed by atoms with Crippen LogP contribution in [0.25, 0.3) is 0 Å². The number of benzene rings is 1. The van der Waals surface area contributed by atoms with Crippen molar-refractivity contribution in [1.29, 1.82) is 0 Å². The number of quaternary nitrogens is 1. The Balaban J connectivity index is 2.46. The number of rotatable bonds is 6. The first kappa shape index (κ1) is 13.5. The second-order valence-electron chi connectivity index (χ2n) is 4.17. The molecule has 1 amide bonds. The number of amides is 1. The van der Waals surface area contributed by atoms with Crippen LogP contribution in [0.4, 0.5) is 0 Å². The van der Waals surface area contributed by atoms with Gasteiger partial charge in [-0.25, -0.2) is 0 Å². The molecule has 0 atom stereocenters. The van der Waals surface area contributed by atoms with Gasteiger partial charge in [0.05, 0.1) is 33.8 Å². The standard InChI is InChI=1S/C13H20N2O2/c1-4-17-12-7-5-11(6-8-12)13(16)14-9-10-15(2)3/h5-8H,4,9-10H2,1-3H3,(H,14,16)/p+1. The Morgan fingerprint density at radius 2 is 1.94 bits per heavy atom. The molecule has 4 nitrogen and oxygen atoms in total. The van der Waals surface area contributed by atoms with Gasteiger partial charge in [-0.2, -0.15) is 0 Å². The third-order valence-corrected chi connectivity index (χ3v) is 2.34. The molecule has 0 radical (unpaired) electrons. The minimum Gasteiger partial charge on any atom is -0.494 e. The first-order chi connectivity index (χ1) is 8.13. The Kier molecular flexibility index (Phi) is 5.49. The highest BCUT2D eigenvalue weighted by atomic mass is 16.5. The highest BCUT2D eigenvalue weighted by molar-refractivity contribution is 5.94. The summed E-state index contributed by atoms with van der Waals surface area (Å²) in [6, 6.07) is 7.19. The average Bonchev–Trinajstić information content (AvgIpc) is 2.30. The lowest BCUT2D eigenvalue weighted by molar-refractivity contribution is -0.856. The summed E-state index contributed by atoms with van der Waals surface area (Å²) in [4.78, 5) is 13.1. The van der Waals surface area contributed by atoms with E-state index in [4.69, 9.17) is 4.74 Å². The monoisotopic (exact) mass is 237 g/mol. The molecular formula is C13H21N2O2+. The van der Waals surface area contributed by atoms with E-state index < -0.39 is 0 Å². The lowest BCUT2D eigenvalue weighted by Crippen LogP contribution is -3.06. The summed E-state index contributed by atoms with van der Waals surface area (Å²) in [5.41, 5.74) is 0.669. The van der Waals surface area contributed by atoms with Crippen LogP contribution in [0, 0.1) is 0 Å². The molecule has 4 heteroatoms. The maximum Gasteiger partial charge on any atom is 0.251 e. The minimum absolute atomic E-state index is 0.0331. The molecule has 0 spiro atoms. The molecule has 1 rings (SSSR count). The number of likely N-dealkylation sites (N-methyl/N-ethyl adjacent to an activating group) is 1. The van der Waals surface area contributed by atoms with Crippen LogP contribution in [0.15, 0.2) is 24.3 Å². The summed E-state index contributed by atoms with van der Waals surface area (Å²) in [5, 5.41) is 2.88. The topological polar surface area (TPSA) is 42.8 Å². The maximum absolute atomic E-state index is 11.7. The van der Waals surface area contributed by atoms with Crippen molar-refractivity contribution in [2.24, 2.45) is 0 Å². The summed E-state index contributed by atoms with van der Waals surface area (Å²) >= 11 is 0. The van der Waals surface area contributed by atoms with Gasteiger partial charge in [-0.1, -0.05) is 0 Å². The van der Waals surface area contributed by atoms with E-state index in [2.05, 4.69) is 19.4 Å². The smallest absolute Gasteiger partial charge is 0.251 e. The molecule has 0 aromatic heterocycles. The molecule has 94 valence electrons. The Labute approximate surface area is 103 Å². The van der Waals surface area contributed by atoms with Crippen molar-refractivity contribution in [2.45, 2.75) is 6.92 Å². The van der Waals surface area contributed by atoms with Gasteiger partial charge in [0.2, 0.25) is 0 Å². The minimum atomic E-state index is -0.0331. The van der Waals surface area contributed by atoms with Gasteiger partial charge in [0.25, 0.3) is 5.91 Å². The first-order valence-electron chi connectivity index (χ1n) is 5.93. The fourth-order valence-corrected chi connectivity index (χ4v) is 1.40. The predicted molar refractivity (Wildman–Crippen MR) is 67.6 cm³/mol. The van der Waals surface area contributed by atoms with Gasteiger partial charge < -0.3 is 15.0 Å². The number of carbonyl (C=O) groups excluding carboxylic acids is 1. The molecule has 0 saturated heterocycles. The molecule has 0 aliphatic carbocycles. The summed E-state index contributed by atoms with van der Waals surface area (Å²) in [5.74, 6) is 0.760. The fraction of sp³-hybridized carbons (Fsp3) is 0.462. The van der Waals surface area contributed by atoms with Crippen LogP contribution in [-0.4, -0.2) is 39.7 Å². The van der Waals surface area contributed by atoms with Gasteiger partial charge in [0, 0.05) is 5.56 Å². The van der Waals surface area contributed by atoms with Crippen LogP contribution in [0.1, 0.15) is 17.3 Å². The Bertz CT molecular complexity index is 347. The predicted octanol–water partition coefficient (Wildman–Crippen LogP) is -0.0404. The van der Waals surface area contributed by atoms with Crippen LogP contribution in [0.5, 0.6) is 5.75 Å². The van der Waals surface area contributed by atoms with E-state index in [1.54, 1.807) is 12.1 Å². The van der Waals surface area contributed by atoms with Gasteiger partial charge in [-0.15, -0.1) is 0 Å². The zero-order valence-electron chi connectivity index (χ0n) is 10.7. The number of ether oxygens (including phenoxy) is 1. The quantitative estimate of drug-likeness (QED) is 0.729. The van der Waals surface area contributed by atoms with Crippen LogP contribution < -0.4 is 15.0 Å². The van der Waals surface area contributed by atoms with Crippen molar-refractivity contribution in [3.63, 3.8) is 0 Å². The molecule has 0 aliphatic heterocycles. The SMILES string of the molecule is CCOc1ccc(C(=O)NCC[NH+](C)C)cc1. The van der Waals surface area contributed by atoms with Crippen molar-refractivity contribution in [3.05, 3.63) is 29.8 Å². The van der Waals surface area contributed by atoms with E-state index in [1.807, 2.05) is 19.1 Å². The van der Waals surface area contributed by atoms with Crippen molar-refractivity contribution in [3.8, 4) is 5.75 Å². The molecule has 0 unspecified atom stereocenters. The van der Waals surface area contributed by atoms with E-state index in [0.29, 0.717) is 18.7 Å². The first-order valence-corrected chi connectivity index (χ1v) is 5.93. The Morgan fingerprint density at radius 1 is 1.29 bits per heavy atom. The maximum atomic E-state index is 11.7. The van der Waals surface area contributed by atoms with Crippen LogP contribution in [0.2, 0.25) is 0 Å². The zero-order chi connectivity index (χ0) is 12.7. The molecule has 0 aliphatic rings. The second-order valence-corrected chi connectivity index (χ2v) is 4.17. The largest absolute Gasteiger partial charge is 0.494 e. The van der Waals surface area contributed by atoms with E-state index in [9.17, 15) is 4.79 Å². The molecule has 1 aromatic rings. The number of hydrogen-bond donors (Lipinski definition) is 2. The van der Waals surface area contributed by atoms with E-state index in [1.165, 1.54) is 4.90 Å². The third kappa shape index (κ3) is 4.87. The molecular weight excluding hydrogens is 216 g/mol. The zero-order valence-corrected chi connectivity index (χ0v) is 10.7. The molecule has 17 heavy (non-hydrogen) atoms. The Hall–Kier alpha value is -1.55. The van der Waals surface area contributed by atoms with Gasteiger partial charge in [-0.3, -0.25) is 4.79 Å². The third-order valence-electron chi connectivity index (χ3n) is 2.34. The van der Waals surface area contributed by atoms with Crippen molar-refractivity contribution in [1.82, 2.24) is 5.32 Å².